The summed E-state index contributed by atoms with van der Waals surface area (Å²) in [5, 5.41) is 3.88. The van der Waals surface area contributed by atoms with E-state index in [2.05, 4.69) is 44.1 Å². The van der Waals surface area contributed by atoms with Gasteiger partial charge in [0.05, 0.1) is 0 Å². The number of hydrogen-bond acceptors (Lipinski definition) is 2. The van der Waals surface area contributed by atoms with E-state index in [1.807, 2.05) is 0 Å². The molecular weight excluding hydrogens is 226 g/mol. The Hall–Kier alpha value is 0.310. The average Bonchev–Trinajstić information content (AvgIpc) is 2.18. The molecule has 0 saturated heterocycles. The molecule has 1 N–H and O–H groups in total. The van der Waals surface area contributed by atoms with Crippen molar-refractivity contribution in [1.82, 2.24) is 5.32 Å². The van der Waals surface area contributed by atoms with E-state index in [0.29, 0.717) is 10.2 Å². The minimum atomic E-state index is 0.575. The molecule has 0 aromatic heterocycles. The summed E-state index contributed by atoms with van der Waals surface area (Å²) in [7, 11) is 0. The Morgan fingerprint density at radius 3 is 2.41 bits per heavy atom. The third kappa shape index (κ3) is 3.20. The molecule has 0 spiro atoms. The summed E-state index contributed by atoms with van der Waals surface area (Å²) in [5.41, 5.74) is 0.575. The van der Waals surface area contributed by atoms with Crippen LogP contribution in [-0.2, 0) is 0 Å². The van der Waals surface area contributed by atoms with Gasteiger partial charge in [0, 0.05) is 17.3 Å². The van der Waals surface area contributed by atoms with Gasteiger partial charge in [0.2, 0.25) is 0 Å². The highest BCUT2D eigenvalue weighted by atomic mass is 32.2. The molecule has 0 aliphatic heterocycles. The van der Waals surface area contributed by atoms with Crippen molar-refractivity contribution in [3.8, 4) is 0 Å². The fourth-order valence-electron chi connectivity index (χ4n) is 3.59. The minimum absolute atomic E-state index is 0.575. The molecule has 0 radical (unpaired) electrons. The largest absolute Gasteiger partial charge is 0.312 e. The van der Waals surface area contributed by atoms with Crippen molar-refractivity contribution in [3.05, 3.63) is 0 Å². The van der Waals surface area contributed by atoms with Crippen LogP contribution in [0.4, 0.5) is 0 Å². The Balaban J connectivity index is 1.80. The topological polar surface area (TPSA) is 12.0 Å². The van der Waals surface area contributed by atoms with Crippen molar-refractivity contribution < 1.29 is 0 Å². The summed E-state index contributed by atoms with van der Waals surface area (Å²) >= 11 is 2.09. The molecule has 2 fully saturated rings. The van der Waals surface area contributed by atoms with Crippen molar-refractivity contribution >= 4 is 11.8 Å². The van der Waals surface area contributed by atoms with Gasteiger partial charge in [-0.05, 0) is 49.7 Å². The average molecular weight is 255 g/mol. The quantitative estimate of drug-likeness (QED) is 0.812. The molecule has 2 aliphatic carbocycles. The van der Waals surface area contributed by atoms with Crippen LogP contribution in [0, 0.1) is 11.3 Å². The summed E-state index contributed by atoms with van der Waals surface area (Å²) in [6.45, 7) is 8.53. The second kappa shape index (κ2) is 5.13. The van der Waals surface area contributed by atoms with Crippen molar-refractivity contribution in [3.63, 3.8) is 0 Å². The molecule has 2 atom stereocenters. The van der Waals surface area contributed by atoms with E-state index in [1.54, 1.807) is 0 Å². The zero-order valence-corrected chi connectivity index (χ0v) is 12.8. The zero-order valence-electron chi connectivity index (χ0n) is 12.0. The summed E-state index contributed by atoms with van der Waals surface area (Å²) in [6, 6.07) is 0.771. The molecule has 1 nitrogen and oxygen atoms in total. The lowest BCUT2D eigenvalue weighted by Crippen LogP contribution is -2.50. The van der Waals surface area contributed by atoms with Gasteiger partial charge < -0.3 is 5.32 Å². The Morgan fingerprint density at radius 2 is 1.94 bits per heavy atom. The van der Waals surface area contributed by atoms with E-state index in [4.69, 9.17) is 0 Å². The monoisotopic (exact) mass is 255 g/mol. The molecule has 2 heteroatoms. The normalized spacial score (nSPS) is 35.3. The van der Waals surface area contributed by atoms with Gasteiger partial charge in [-0.1, -0.05) is 27.2 Å². The predicted octanol–water partition coefficient (Wildman–Crippen LogP) is 4.08. The molecular formula is C15H29NS. The van der Waals surface area contributed by atoms with Gasteiger partial charge in [-0.3, -0.25) is 0 Å². The first-order chi connectivity index (χ1) is 7.96. The number of nitrogens with one attached hydrogen (secondary N) is 1. The molecule has 2 rings (SSSR count). The van der Waals surface area contributed by atoms with Crippen LogP contribution in [-0.4, -0.2) is 23.6 Å². The van der Waals surface area contributed by atoms with Gasteiger partial charge in [-0.15, -0.1) is 0 Å². The predicted molar refractivity (Wildman–Crippen MR) is 78.7 cm³/mol. The van der Waals surface area contributed by atoms with Crippen LogP contribution in [0.25, 0.3) is 0 Å². The lowest BCUT2D eigenvalue weighted by Gasteiger charge is -2.44. The Bertz CT molecular complexity index is 252. The summed E-state index contributed by atoms with van der Waals surface area (Å²) in [5.74, 6) is 0.845. The first kappa shape index (κ1) is 13.7. The maximum atomic E-state index is 3.88. The van der Waals surface area contributed by atoms with E-state index < -0.39 is 0 Å². The first-order valence-corrected chi connectivity index (χ1v) is 8.47. The highest BCUT2D eigenvalue weighted by Gasteiger charge is 2.38. The highest BCUT2D eigenvalue weighted by molar-refractivity contribution is 8.00. The van der Waals surface area contributed by atoms with Crippen LogP contribution in [0.1, 0.15) is 59.3 Å². The van der Waals surface area contributed by atoms with Gasteiger partial charge in [0.1, 0.15) is 0 Å². The van der Waals surface area contributed by atoms with Crippen molar-refractivity contribution in [2.24, 2.45) is 11.3 Å². The van der Waals surface area contributed by atoms with Gasteiger partial charge in [-0.25, -0.2) is 0 Å². The van der Waals surface area contributed by atoms with E-state index in [-0.39, 0.29) is 0 Å². The molecule has 0 aromatic carbocycles. The number of hydrogen-bond donors (Lipinski definition) is 1. The van der Waals surface area contributed by atoms with E-state index in [0.717, 1.165) is 12.0 Å². The molecule has 2 unspecified atom stereocenters. The van der Waals surface area contributed by atoms with E-state index in [9.17, 15) is 0 Å². The zero-order chi connectivity index (χ0) is 12.5. The molecule has 0 bridgehead atoms. The second-order valence-electron chi connectivity index (χ2n) is 7.11. The van der Waals surface area contributed by atoms with Crippen LogP contribution in [0.15, 0.2) is 0 Å². The Labute approximate surface area is 112 Å². The van der Waals surface area contributed by atoms with Gasteiger partial charge >= 0.3 is 0 Å². The number of thioether (sulfide) groups is 1. The van der Waals surface area contributed by atoms with Crippen molar-refractivity contribution in [2.45, 2.75) is 70.1 Å². The fourth-order valence-corrected chi connectivity index (χ4v) is 4.52. The van der Waals surface area contributed by atoms with Crippen LogP contribution < -0.4 is 5.32 Å². The maximum absolute atomic E-state index is 3.88. The molecule has 100 valence electrons. The number of rotatable bonds is 4. The molecule has 2 aliphatic rings. The first-order valence-electron chi connectivity index (χ1n) is 7.25. The van der Waals surface area contributed by atoms with E-state index in [1.165, 1.54) is 45.1 Å². The summed E-state index contributed by atoms with van der Waals surface area (Å²) in [4.78, 5) is 0. The van der Waals surface area contributed by atoms with Crippen LogP contribution in [0.5, 0.6) is 0 Å². The van der Waals surface area contributed by atoms with E-state index >= 15 is 0 Å². The highest BCUT2D eigenvalue weighted by Crippen LogP contribution is 2.43. The summed E-state index contributed by atoms with van der Waals surface area (Å²) in [6.07, 6.45) is 10.7. The minimum Gasteiger partial charge on any atom is -0.312 e. The SMILES string of the molecule is CSC1(CNC2CCC(C)(C)CC2C)CCC1. The van der Waals surface area contributed by atoms with Crippen molar-refractivity contribution in [1.29, 1.82) is 0 Å². The third-order valence-electron chi connectivity index (χ3n) is 5.08. The van der Waals surface area contributed by atoms with Crippen LogP contribution in [0.3, 0.4) is 0 Å². The molecule has 0 heterocycles. The second-order valence-corrected chi connectivity index (χ2v) is 8.39. The molecule has 17 heavy (non-hydrogen) atoms. The Kier molecular flexibility index (Phi) is 4.14. The van der Waals surface area contributed by atoms with Gasteiger partial charge in [0.15, 0.2) is 0 Å². The maximum Gasteiger partial charge on any atom is 0.0281 e. The lowest BCUT2D eigenvalue weighted by atomic mass is 9.70. The smallest absolute Gasteiger partial charge is 0.0281 e. The lowest BCUT2D eigenvalue weighted by molar-refractivity contribution is 0.144. The van der Waals surface area contributed by atoms with Gasteiger partial charge in [-0.2, -0.15) is 11.8 Å². The fraction of sp³-hybridized carbons (Fsp3) is 1.00. The Morgan fingerprint density at radius 1 is 1.24 bits per heavy atom. The molecule has 0 amide bonds. The van der Waals surface area contributed by atoms with Crippen LogP contribution in [0.2, 0.25) is 0 Å². The van der Waals surface area contributed by atoms with Crippen LogP contribution >= 0.6 is 11.8 Å². The van der Waals surface area contributed by atoms with Gasteiger partial charge in [0.25, 0.3) is 0 Å². The van der Waals surface area contributed by atoms with Crippen molar-refractivity contribution in [2.75, 3.05) is 12.8 Å². The molecule has 2 saturated carbocycles. The standard InChI is InChI=1S/C15H29NS/c1-12-10-14(2,3)9-6-13(12)16-11-15(17-4)7-5-8-15/h12-13,16H,5-11H2,1-4H3. The molecule has 0 aromatic rings. The third-order valence-corrected chi connectivity index (χ3v) is 6.50. The summed E-state index contributed by atoms with van der Waals surface area (Å²) < 4.78 is 0.590.